The van der Waals surface area contributed by atoms with Crippen LogP contribution in [0.15, 0.2) is 12.7 Å². The predicted molar refractivity (Wildman–Crippen MR) is 49.6 cm³/mol. The third-order valence-electron chi connectivity index (χ3n) is 2.53. The Bertz CT molecular complexity index is 140. The first-order valence-corrected chi connectivity index (χ1v) is 4.53. The van der Waals surface area contributed by atoms with Gasteiger partial charge in [-0.25, -0.2) is 0 Å². The van der Waals surface area contributed by atoms with Gasteiger partial charge in [-0.2, -0.15) is 0 Å². The Balaban J connectivity index is 2.57. The van der Waals surface area contributed by atoms with Crippen molar-refractivity contribution in [3.05, 3.63) is 12.7 Å². The van der Waals surface area contributed by atoms with E-state index in [2.05, 4.69) is 38.3 Å². The van der Waals surface area contributed by atoms with E-state index in [4.69, 9.17) is 0 Å². The van der Waals surface area contributed by atoms with Crippen molar-refractivity contribution in [3.8, 4) is 0 Å². The van der Waals surface area contributed by atoms with E-state index in [1.54, 1.807) is 0 Å². The Morgan fingerprint density at radius 1 is 1.55 bits per heavy atom. The average molecular weight is 153 g/mol. The Morgan fingerprint density at radius 2 is 2.18 bits per heavy atom. The van der Waals surface area contributed by atoms with E-state index in [-0.39, 0.29) is 0 Å². The summed E-state index contributed by atoms with van der Waals surface area (Å²) >= 11 is 0. The highest BCUT2D eigenvalue weighted by Crippen LogP contribution is 2.24. The lowest BCUT2D eigenvalue weighted by atomic mass is 10.1. The zero-order valence-corrected chi connectivity index (χ0v) is 7.88. The first-order chi connectivity index (χ1) is 5.15. The van der Waals surface area contributed by atoms with Gasteiger partial charge < -0.3 is 0 Å². The summed E-state index contributed by atoms with van der Waals surface area (Å²) < 4.78 is 0. The Labute approximate surface area is 70.1 Å². The average Bonchev–Trinajstić information content (AvgIpc) is 2.30. The molecule has 1 saturated heterocycles. The van der Waals surface area contributed by atoms with Crippen molar-refractivity contribution in [2.45, 2.75) is 39.3 Å². The van der Waals surface area contributed by atoms with Gasteiger partial charge in [-0.3, -0.25) is 4.90 Å². The van der Waals surface area contributed by atoms with Gasteiger partial charge >= 0.3 is 0 Å². The van der Waals surface area contributed by atoms with Gasteiger partial charge in [-0.15, -0.1) is 6.58 Å². The summed E-state index contributed by atoms with van der Waals surface area (Å²) in [4.78, 5) is 2.53. The van der Waals surface area contributed by atoms with E-state index in [1.807, 2.05) is 0 Å². The highest BCUT2D eigenvalue weighted by Gasteiger charge is 2.28. The molecule has 2 atom stereocenters. The van der Waals surface area contributed by atoms with Gasteiger partial charge in [-0.1, -0.05) is 13.0 Å². The summed E-state index contributed by atoms with van der Waals surface area (Å²) in [6.45, 7) is 11.9. The topological polar surface area (TPSA) is 3.24 Å². The molecule has 0 aromatic carbocycles. The number of hydrogen-bond acceptors (Lipinski definition) is 1. The molecule has 0 spiro atoms. The van der Waals surface area contributed by atoms with Crippen molar-refractivity contribution in [2.24, 2.45) is 5.92 Å². The highest BCUT2D eigenvalue weighted by atomic mass is 15.2. The van der Waals surface area contributed by atoms with Crippen LogP contribution in [0.2, 0.25) is 0 Å². The van der Waals surface area contributed by atoms with Gasteiger partial charge in [0.05, 0.1) is 0 Å². The summed E-state index contributed by atoms with van der Waals surface area (Å²) in [5, 5.41) is 0. The van der Waals surface area contributed by atoms with Gasteiger partial charge in [0.2, 0.25) is 0 Å². The van der Waals surface area contributed by atoms with Crippen molar-refractivity contribution in [1.29, 1.82) is 0 Å². The Morgan fingerprint density at radius 3 is 2.55 bits per heavy atom. The number of likely N-dealkylation sites (tertiary alicyclic amines) is 1. The van der Waals surface area contributed by atoms with Crippen LogP contribution < -0.4 is 0 Å². The summed E-state index contributed by atoms with van der Waals surface area (Å²) in [7, 11) is 0. The van der Waals surface area contributed by atoms with Gasteiger partial charge in [-0.05, 0) is 26.2 Å². The van der Waals surface area contributed by atoms with Crippen molar-refractivity contribution in [3.63, 3.8) is 0 Å². The monoisotopic (exact) mass is 153 g/mol. The molecule has 1 rings (SSSR count). The summed E-state index contributed by atoms with van der Waals surface area (Å²) in [6, 6.07) is 1.30. The Kier molecular flexibility index (Phi) is 2.72. The molecule has 1 aliphatic heterocycles. The van der Waals surface area contributed by atoms with Crippen LogP contribution >= 0.6 is 0 Å². The van der Waals surface area contributed by atoms with E-state index in [0.29, 0.717) is 12.1 Å². The van der Waals surface area contributed by atoms with Crippen LogP contribution in [0.4, 0.5) is 0 Å². The normalized spacial score (nSPS) is 33.1. The van der Waals surface area contributed by atoms with Crippen LogP contribution in [0.1, 0.15) is 27.2 Å². The van der Waals surface area contributed by atoms with Crippen LogP contribution in [0.3, 0.4) is 0 Å². The van der Waals surface area contributed by atoms with Gasteiger partial charge in [0.15, 0.2) is 0 Å². The lowest BCUT2D eigenvalue weighted by Crippen LogP contribution is -2.34. The fraction of sp³-hybridized carbons (Fsp3) is 0.800. The molecule has 0 saturated carbocycles. The van der Waals surface area contributed by atoms with E-state index >= 15 is 0 Å². The molecule has 1 aliphatic rings. The van der Waals surface area contributed by atoms with Crippen LogP contribution in [0.5, 0.6) is 0 Å². The fourth-order valence-electron chi connectivity index (χ4n) is 1.94. The lowest BCUT2D eigenvalue weighted by molar-refractivity contribution is 0.229. The summed E-state index contributed by atoms with van der Waals surface area (Å²) in [6.07, 6.45) is 3.38. The van der Waals surface area contributed by atoms with Crippen LogP contribution in [-0.2, 0) is 0 Å². The second-order valence-electron chi connectivity index (χ2n) is 3.93. The van der Waals surface area contributed by atoms with Gasteiger partial charge in [0.1, 0.15) is 0 Å². The second kappa shape index (κ2) is 3.40. The first-order valence-electron chi connectivity index (χ1n) is 4.53. The first kappa shape index (κ1) is 8.79. The molecule has 0 aromatic rings. The molecule has 0 aromatic heterocycles. The minimum Gasteiger partial charge on any atom is -0.294 e. The minimum atomic E-state index is 0.630. The smallest absolute Gasteiger partial charge is 0.0281 e. The molecule has 64 valence electrons. The number of hydrogen-bond donors (Lipinski definition) is 0. The van der Waals surface area contributed by atoms with Crippen LogP contribution in [-0.4, -0.2) is 23.5 Å². The maximum atomic E-state index is 3.87. The molecule has 0 amide bonds. The zero-order valence-electron chi connectivity index (χ0n) is 7.88. The standard InChI is InChI=1S/C10H19N/c1-5-10-6-9(4)7-11(10)8(2)3/h5,8-10H,1,6-7H2,2-4H3/t9?,10-/m1/s1. The molecule has 0 aliphatic carbocycles. The summed E-state index contributed by atoms with van der Waals surface area (Å²) in [5.41, 5.74) is 0. The maximum Gasteiger partial charge on any atom is 0.0281 e. The number of rotatable bonds is 2. The number of nitrogens with zero attached hydrogens (tertiary/aromatic N) is 1. The molecule has 1 unspecified atom stereocenters. The van der Waals surface area contributed by atoms with Crippen molar-refractivity contribution in [2.75, 3.05) is 6.54 Å². The lowest BCUT2D eigenvalue weighted by Gasteiger charge is -2.25. The SMILES string of the molecule is C=C[C@@H]1CC(C)CN1C(C)C. The molecule has 1 heterocycles. The third kappa shape index (κ3) is 1.84. The van der Waals surface area contributed by atoms with E-state index in [0.717, 1.165) is 5.92 Å². The van der Waals surface area contributed by atoms with Crippen molar-refractivity contribution >= 4 is 0 Å². The maximum absolute atomic E-state index is 3.87. The van der Waals surface area contributed by atoms with Crippen LogP contribution in [0.25, 0.3) is 0 Å². The zero-order chi connectivity index (χ0) is 8.43. The van der Waals surface area contributed by atoms with Crippen molar-refractivity contribution in [1.82, 2.24) is 4.90 Å². The van der Waals surface area contributed by atoms with Gasteiger partial charge in [0, 0.05) is 18.6 Å². The third-order valence-corrected chi connectivity index (χ3v) is 2.53. The molecular weight excluding hydrogens is 134 g/mol. The predicted octanol–water partition coefficient (Wildman–Crippen LogP) is 2.29. The largest absolute Gasteiger partial charge is 0.294 e. The van der Waals surface area contributed by atoms with E-state index in [9.17, 15) is 0 Å². The Hall–Kier alpha value is -0.300. The fourth-order valence-corrected chi connectivity index (χ4v) is 1.94. The van der Waals surface area contributed by atoms with Crippen molar-refractivity contribution < 1.29 is 0 Å². The van der Waals surface area contributed by atoms with E-state index in [1.165, 1.54) is 13.0 Å². The molecular formula is C10H19N. The van der Waals surface area contributed by atoms with E-state index < -0.39 is 0 Å². The molecule has 1 heteroatoms. The molecule has 11 heavy (non-hydrogen) atoms. The molecule has 1 nitrogen and oxygen atoms in total. The summed E-state index contributed by atoms with van der Waals surface area (Å²) in [5.74, 6) is 0.848. The second-order valence-corrected chi connectivity index (χ2v) is 3.93. The highest BCUT2D eigenvalue weighted by molar-refractivity contribution is 4.95. The van der Waals surface area contributed by atoms with Gasteiger partial charge in [0.25, 0.3) is 0 Å². The molecule has 1 fully saturated rings. The minimum absolute atomic E-state index is 0.630. The molecule has 0 radical (unpaired) electrons. The quantitative estimate of drug-likeness (QED) is 0.550. The van der Waals surface area contributed by atoms with Crippen LogP contribution in [0, 0.1) is 5.92 Å². The molecule has 0 bridgehead atoms. The molecule has 0 N–H and O–H groups in total.